The van der Waals surface area contributed by atoms with Crippen LogP contribution in [0.1, 0.15) is 40.7 Å². The predicted molar refractivity (Wildman–Crippen MR) is 131 cm³/mol. The number of H-pyrrole nitrogens is 1. The van der Waals surface area contributed by atoms with Crippen LogP contribution >= 0.6 is 0 Å². The molecule has 0 unspecified atom stereocenters. The summed E-state index contributed by atoms with van der Waals surface area (Å²) in [5.74, 6) is -1.43. The summed E-state index contributed by atoms with van der Waals surface area (Å²) >= 11 is 0. The zero-order chi connectivity index (χ0) is 26.9. The molecule has 5 rings (SSSR count). The third kappa shape index (κ3) is 5.64. The van der Waals surface area contributed by atoms with Crippen LogP contribution in [0, 0.1) is 5.82 Å². The van der Waals surface area contributed by atoms with Gasteiger partial charge in [-0.15, -0.1) is 5.10 Å². The molecule has 1 aromatic heterocycles. The van der Waals surface area contributed by atoms with Gasteiger partial charge in [0.15, 0.2) is 0 Å². The lowest BCUT2D eigenvalue weighted by atomic mass is 10.0. The molecule has 0 saturated carbocycles. The minimum absolute atomic E-state index is 0.0170. The summed E-state index contributed by atoms with van der Waals surface area (Å²) in [5.41, 5.74) is 1.10. The number of halogens is 4. The number of nitrogens with one attached hydrogen (secondary N) is 1. The number of hydrogen-bond donors (Lipinski definition) is 1. The molecule has 0 radical (unpaired) electrons. The Labute approximate surface area is 216 Å². The molecule has 202 valence electrons. The number of aryl methyl sites for hydroxylation is 1. The number of fused-ring (bicyclic) bond motifs is 1. The van der Waals surface area contributed by atoms with E-state index in [9.17, 15) is 27.2 Å². The van der Waals surface area contributed by atoms with Crippen molar-refractivity contribution in [2.45, 2.75) is 37.9 Å². The van der Waals surface area contributed by atoms with Gasteiger partial charge in [0.2, 0.25) is 5.91 Å². The summed E-state index contributed by atoms with van der Waals surface area (Å²) in [4.78, 5) is 31.6. The Morgan fingerprint density at radius 3 is 2.37 bits per heavy atom. The molecule has 1 N–H and O–H groups in total. The first-order valence-corrected chi connectivity index (χ1v) is 12.7. The second kappa shape index (κ2) is 10.7. The lowest BCUT2D eigenvalue weighted by molar-refractivity contribution is -0.140. The number of amides is 2. The quantitative estimate of drug-likeness (QED) is 0.509. The van der Waals surface area contributed by atoms with E-state index in [1.807, 2.05) is 4.90 Å². The number of aromatic amines is 1. The number of rotatable bonds is 5. The molecule has 0 spiro atoms. The van der Waals surface area contributed by atoms with Gasteiger partial charge < -0.3 is 9.80 Å². The highest BCUT2D eigenvalue weighted by atomic mass is 19.4. The van der Waals surface area contributed by atoms with Crippen molar-refractivity contribution < 1.29 is 27.2 Å². The van der Waals surface area contributed by atoms with Gasteiger partial charge in [-0.2, -0.15) is 13.2 Å². The van der Waals surface area contributed by atoms with Gasteiger partial charge in [-0.1, -0.05) is 11.3 Å². The highest BCUT2D eigenvalue weighted by Crippen LogP contribution is 2.31. The van der Waals surface area contributed by atoms with Crippen LogP contribution in [0.3, 0.4) is 0 Å². The van der Waals surface area contributed by atoms with E-state index in [0.717, 1.165) is 43.6 Å². The van der Waals surface area contributed by atoms with Crippen molar-refractivity contribution in [1.82, 2.24) is 30.1 Å². The molecule has 3 heterocycles. The van der Waals surface area contributed by atoms with Crippen LogP contribution in [-0.2, 0) is 17.4 Å². The van der Waals surface area contributed by atoms with Gasteiger partial charge >= 0.3 is 6.18 Å². The Bertz CT molecular complexity index is 1310. The molecule has 12 heteroatoms. The Morgan fingerprint density at radius 1 is 0.947 bits per heavy atom. The van der Waals surface area contributed by atoms with Crippen molar-refractivity contribution in [1.29, 1.82) is 0 Å². The fourth-order valence-electron chi connectivity index (χ4n) is 5.28. The van der Waals surface area contributed by atoms with Gasteiger partial charge in [0.1, 0.15) is 11.3 Å². The van der Waals surface area contributed by atoms with E-state index in [0.29, 0.717) is 48.9 Å². The average Bonchev–Trinajstić information content (AvgIpc) is 3.39. The minimum atomic E-state index is -4.74. The number of nitrogens with zero attached hydrogens (tertiary/aromatic N) is 5. The maximum absolute atomic E-state index is 13.8. The zero-order valence-corrected chi connectivity index (χ0v) is 20.7. The Morgan fingerprint density at radius 2 is 1.68 bits per heavy atom. The predicted octanol–water partition coefficient (Wildman–Crippen LogP) is 3.50. The molecule has 2 aliphatic rings. The van der Waals surface area contributed by atoms with Crippen molar-refractivity contribution in [3.8, 4) is 0 Å². The standard InChI is InChI=1S/C26H28F4N6O2/c27-21-15-17(1-4-20(21)26(28,29)30)2-6-24(37)35-13-11-34(12-14-35)19-7-9-36(10-8-19)25(38)18-3-5-22-23(16-18)32-33-31-22/h1,3-5,15-16,19H,2,6-14H2,(H,31,32,33). The van der Waals surface area contributed by atoms with Crippen LogP contribution in [-0.4, -0.2) is 87.2 Å². The first-order valence-electron chi connectivity index (χ1n) is 12.7. The van der Waals surface area contributed by atoms with Gasteiger partial charge in [0.05, 0.1) is 11.1 Å². The number of carbonyl (C=O) groups excluding carboxylic acids is 2. The molecule has 38 heavy (non-hydrogen) atoms. The van der Waals surface area contributed by atoms with Gasteiger partial charge in [-0.05, 0) is 55.2 Å². The maximum atomic E-state index is 13.8. The molecule has 2 amide bonds. The lowest BCUT2D eigenvalue weighted by Crippen LogP contribution is -2.54. The Balaban J connectivity index is 1.06. The summed E-state index contributed by atoms with van der Waals surface area (Å²) in [6, 6.07) is 8.47. The summed E-state index contributed by atoms with van der Waals surface area (Å²) in [6.07, 6.45) is -2.73. The second-order valence-corrected chi connectivity index (χ2v) is 9.80. The molecule has 0 atom stereocenters. The minimum Gasteiger partial charge on any atom is -0.340 e. The summed E-state index contributed by atoms with van der Waals surface area (Å²) < 4.78 is 52.0. The van der Waals surface area contributed by atoms with Crippen molar-refractivity contribution in [2.75, 3.05) is 39.3 Å². The normalized spacial score (nSPS) is 17.8. The topological polar surface area (TPSA) is 85.4 Å². The number of piperazine rings is 1. The summed E-state index contributed by atoms with van der Waals surface area (Å²) in [7, 11) is 0. The first-order chi connectivity index (χ1) is 18.2. The summed E-state index contributed by atoms with van der Waals surface area (Å²) in [6.45, 7) is 3.89. The molecular weight excluding hydrogens is 504 g/mol. The number of likely N-dealkylation sites (tertiary alicyclic amines) is 1. The lowest BCUT2D eigenvalue weighted by Gasteiger charge is -2.42. The zero-order valence-electron chi connectivity index (χ0n) is 20.7. The van der Waals surface area contributed by atoms with Crippen molar-refractivity contribution in [3.63, 3.8) is 0 Å². The smallest absolute Gasteiger partial charge is 0.340 e. The first kappa shape index (κ1) is 26.1. The second-order valence-electron chi connectivity index (χ2n) is 9.80. The van der Waals surface area contributed by atoms with Crippen LogP contribution < -0.4 is 0 Å². The number of benzene rings is 2. The molecule has 8 nitrogen and oxygen atoms in total. The maximum Gasteiger partial charge on any atom is 0.419 e. The molecule has 2 fully saturated rings. The summed E-state index contributed by atoms with van der Waals surface area (Å²) in [5, 5.41) is 10.5. The average molecular weight is 533 g/mol. The van der Waals surface area contributed by atoms with E-state index in [1.165, 1.54) is 6.07 Å². The molecule has 2 saturated heterocycles. The molecule has 2 aromatic carbocycles. The monoisotopic (exact) mass is 532 g/mol. The molecule has 0 bridgehead atoms. The molecule has 3 aromatic rings. The number of alkyl halides is 3. The third-order valence-electron chi connectivity index (χ3n) is 7.47. The molecular formula is C26H28F4N6O2. The fraction of sp³-hybridized carbons (Fsp3) is 0.462. The van der Waals surface area contributed by atoms with Crippen LogP contribution in [0.15, 0.2) is 36.4 Å². The van der Waals surface area contributed by atoms with Gasteiger partial charge in [-0.3, -0.25) is 19.6 Å². The molecule has 0 aliphatic carbocycles. The van der Waals surface area contributed by atoms with E-state index >= 15 is 0 Å². The van der Waals surface area contributed by atoms with E-state index in [2.05, 4.69) is 20.3 Å². The Hall–Kier alpha value is -3.54. The van der Waals surface area contributed by atoms with Gasteiger partial charge in [0, 0.05) is 57.3 Å². The van der Waals surface area contributed by atoms with E-state index < -0.39 is 17.6 Å². The van der Waals surface area contributed by atoms with Crippen LogP contribution in [0.25, 0.3) is 11.0 Å². The molecule has 2 aliphatic heterocycles. The number of hydrogen-bond acceptors (Lipinski definition) is 5. The van der Waals surface area contributed by atoms with Crippen molar-refractivity contribution in [2.24, 2.45) is 0 Å². The van der Waals surface area contributed by atoms with Crippen LogP contribution in [0.4, 0.5) is 17.6 Å². The highest BCUT2D eigenvalue weighted by Gasteiger charge is 2.34. The van der Waals surface area contributed by atoms with Crippen molar-refractivity contribution in [3.05, 3.63) is 58.9 Å². The highest BCUT2D eigenvalue weighted by molar-refractivity contribution is 5.97. The largest absolute Gasteiger partial charge is 0.419 e. The van der Waals surface area contributed by atoms with E-state index in [4.69, 9.17) is 0 Å². The van der Waals surface area contributed by atoms with Gasteiger partial charge in [-0.25, -0.2) is 4.39 Å². The van der Waals surface area contributed by atoms with Crippen LogP contribution in [0.5, 0.6) is 0 Å². The third-order valence-corrected chi connectivity index (χ3v) is 7.47. The van der Waals surface area contributed by atoms with Crippen LogP contribution in [0.2, 0.25) is 0 Å². The van der Waals surface area contributed by atoms with E-state index in [-0.39, 0.29) is 24.7 Å². The Kier molecular flexibility index (Phi) is 7.33. The van der Waals surface area contributed by atoms with E-state index in [1.54, 1.807) is 23.1 Å². The number of piperidine rings is 1. The SMILES string of the molecule is O=C(CCc1ccc(C(F)(F)F)c(F)c1)N1CCN(C2CCN(C(=O)c3ccc4[nH]nnc4c3)CC2)CC1. The number of carbonyl (C=O) groups is 2. The number of aromatic nitrogens is 3. The fourth-order valence-corrected chi connectivity index (χ4v) is 5.28. The van der Waals surface area contributed by atoms with Crippen molar-refractivity contribution >= 4 is 22.8 Å². The van der Waals surface area contributed by atoms with Gasteiger partial charge in [0.25, 0.3) is 5.91 Å².